The Morgan fingerprint density at radius 3 is 2.56 bits per heavy atom. The number of nitrogen functional groups attached to an aromatic ring is 1. The number of nitrogens with two attached hydrogens (primary N) is 2. The highest BCUT2D eigenvalue weighted by atomic mass is 32.1. The van der Waals surface area contributed by atoms with Crippen molar-refractivity contribution in [2.75, 3.05) is 25.9 Å². The van der Waals surface area contributed by atoms with Gasteiger partial charge in [0.25, 0.3) is 11.8 Å². The first-order valence-electron chi connectivity index (χ1n) is 11.1. The van der Waals surface area contributed by atoms with Gasteiger partial charge in [-0.25, -0.2) is 0 Å². The maximum atomic E-state index is 13.6. The van der Waals surface area contributed by atoms with Crippen molar-refractivity contribution in [3.63, 3.8) is 0 Å². The number of aromatic nitrogens is 1. The first kappa shape index (κ1) is 26.9. The van der Waals surface area contributed by atoms with Crippen molar-refractivity contribution >= 4 is 34.9 Å². The smallest absolute Gasteiger partial charge is 0.270 e. The Morgan fingerprint density at radius 2 is 2.00 bits per heavy atom. The van der Waals surface area contributed by atoms with Gasteiger partial charge in [-0.2, -0.15) is 4.37 Å². The molecule has 0 bridgehead atoms. The summed E-state index contributed by atoms with van der Waals surface area (Å²) in [5, 5.41) is 13.0. The Hall–Kier alpha value is -3.34. The number of nitrogens with one attached hydrogen (secondary N) is 1. The number of hydrogen-bond acceptors (Lipinski definition) is 8. The lowest BCUT2D eigenvalue weighted by atomic mass is 10.0. The number of carbonyl (C=O) groups excluding carboxylic acids is 3. The number of carbonyl (C=O) groups is 3. The number of hydrogen-bond donors (Lipinski definition) is 4. The molecule has 0 aliphatic carbocycles. The lowest BCUT2D eigenvalue weighted by molar-refractivity contribution is -0.126. The molecule has 10 nitrogen and oxygen atoms in total. The number of primary amides is 1. The summed E-state index contributed by atoms with van der Waals surface area (Å²) < 4.78 is 9.14. The highest BCUT2D eigenvalue weighted by molar-refractivity contribution is 7.09. The van der Waals surface area contributed by atoms with Gasteiger partial charge >= 0.3 is 0 Å². The van der Waals surface area contributed by atoms with Crippen LogP contribution in [0.5, 0.6) is 11.5 Å². The Balaban J connectivity index is 2.55. The van der Waals surface area contributed by atoms with Gasteiger partial charge < -0.3 is 31.5 Å². The predicted octanol–water partition coefficient (Wildman–Crippen LogP) is 2.68. The maximum Gasteiger partial charge on any atom is 0.270 e. The second-order valence-corrected chi connectivity index (χ2v) is 9.07. The topological polar surface area (TPSA) is 161 Å². The van der Waals surface area contributed by atoms with E-state index in [4.69, 9.17) is 16.2 Å². The number of benzene rings is 1. The third-order valence-electron chi connectivity index (χ3n) is 5.27. The fourth-order valence-corrected chi connectivity index (χ4v) is 4.12. The third-order valence-corrected chi connectivity index (χ3v) is 6.12. The lowest BCUT2D eigenvalue weighted by Crippen LogP contribution is -2.44. The number of aromatic hydroxyl groups is 1. The number of nitrogens with zero attached hydrogens (tertiary/aromatic N) is 2. The molecule has 0 aliphatic heterocycles. The minimum atomic E-state index is -1.03. The van der Waals surface area contributed by atoms with Gasteiger partial charge in [0.05, 0.1) is 12.8 Å². The van der Waals surface area contributed by atoms with Gasteiger partial charge in [-0.1, -0.05) is 33.3 Å². The van der Waals surface area contributed by atoms with Crippen molar-refractivity contribution in [2.45, 2.75) is 46.1 Å². The molecule has 0 radical (unpaired) electrons. The van der Waals surface area contributed by atoms with Crippen molar-refractivity contribution in [1.82, 2.24) is 14.6 Å². The Morgan fingerprint density at radius 1 is 1.29 bits per heavy atom. The summed E-state index contributed by atoms with van der Waals surface area (Å²) in [6, 6.07) is 3.48. The molecule has 34 heavy (non-hydrogen) atoms. The van der Waals surface area contributed by atoms with Gasteiger partial charge in [0.2, 0.25) is 5.91 Å². The Bertz CT molecular complexity index is 1020. The van der Waals surface area contributed by atoms with Gasteiger partial charge in [-0.3, -0.25) is 14.4 Å². The monoisotopic (exact) mass is 491 g/mol. The van der Waals surface area contributed by atoms with E-state index < -0.39 is 17.9 Å². The first-order valence-corrected chi connectivity index (χ1v) is 11.9. The molecule has 186 valence electrons. The molecule has 0 spiro atoms. The maximum absolute atomic E-state index is 13.6. The van der Waals surface area contributed by atoms with Crippen LogP contribution in [0.4, 0.5) is 5.69 Å². The normalized spacial score (nSPS) is 11.8. The molecular weight excluding hydrogens is 458 g/mol. The van der Waals surface area contributed by atoms with Crippen LogP contribution in [0.25, 0.3) is 0 Å². The van der Waals surface area contributed by atoms with E-state index in [1.165, 1.54) is 24.1 Å². The molecule has 0 saturated heterocycles. The Kier molecular flexibility index (Phi) is 9.67. The van der Waals surface area contributed by atoms with Gasteiger partial charge in [0.1, 0.15) is 10.9 Å². The number of phenols is 1. The molecule has 1 atom stereocenters. The van der Waals surface area contributed by atoms with Crippen LogP contribution in [0.2, 0.25) is 0 Å². The lowest BCUT2D eigenvalue weighted by Gasteiger charge is -2.31. The molecule has 1 aromatic heterocycles. The van der Waals surface area contributed by atoms with Crippen molar-refractivity contribution < 1.29 is 24.2 Å². The predicted molar refractivity (Wildman–Crippen MR) is 131 cm³/mol. The minimum Gasteiger partial charge on any atom is -0.504 e. The van der Waals surface area contributed by atoms with Crippen molar-refractivity contribution in [1.29, 1.82) is 0 Å². The number of unbranched alkanes of at least 4 members (excludes halogenated alkanes) is 1. The largest absolute Gasteiger partial charge is 0.504 e. The molecule has 0 saturated carbocycles. The van der Waals surface area contributed by atoms with Crippen LogP contribution in [-0.4, -0.2) is 52.3 Å². The third kappa shape index (κ3) is 6.37. The number of ether oxygens (including phenoxy) is 1. The zero-order chi connectivity index (χ0) is 25.4. The molecule has 0 aliphatic rings. The number of amides is 3. The summed E-state index contributed by atoms with van der Waals surface area (Å²) in [4.78, 5) is 40.1. The quantitative estimate of drug-likeness (QED) is 0.355. The van der Waals surface area contributed by atoms with E-state index in [0.717, 1.165) is 24.4 Å². The fourth-order valence-electron chi connectivity index (χ4n) is 3.35. The number of rotatable bonds is 12. The van der Waals surface area contributed by atoms with E-state index in [9.17, 15) is 19.5 Å². The van der Waals surface area contributed by atoms with E-state index >= 15 is 0 Å². The highest BCUT2D eigenvalue weighted by Crippen LogP contribution is 2.33. The van der Waals surface area contributed by atoms with Gasteiger partial charge in [0.15, 0.2) is 17.2 Å². The van der Waals surface area contributed by atoms with Crippen LogP contribution < -0.4 is 21.5 Å². The molecule has 1 unspecified atom stereocenters. The van der Waals surface area contributed by atoms with Crippen molar-refractivity contribution in [3.8, 4) is 11.5 Å². The van der Waals surface area contributed by atoms with Crippen LogP contribution in [0, 0.1) is 5.92 Å². The molecule has 3 amide bonds. The fraction of sp³-hybridized carbons (Fsp3) is 0.478. The Labute approximate surface area is 203 Å². The molecule has 2 aromatic rings. The summed E-state index contributed by atoms with van der Waals surface area (Å²) in [5.74, 6) is -1.28. The van der Waals surface area contributed by atoms with Crippen LogP contribution >= 0.6 is 11.5 Å². The zero-order valence-corrected chi connectivity index (χ0v) is 20.8. The molecule has 11 heteroatoms. The average molecular weight is 492 g/mol. The summed E-state index contributed by atoms with van der Waals surface area (Å²) >= 11 is 0.767. The number of anilines is 1. The molecule has 1 heterocycles. The van der Waals surface area contributed by atoms with Crippen molar-refractivity contribution in [3.05, 3.63) is 34.3 Å². The zero-order valence-electron chi connectivity index (χ0n) is 20.0. The number of methoxy groups -OCH3 is 1. The van der Waals surface area contributed by atoms with Gasteiger partial charge in [-0.05, 0) is 48.0 Å². The first-order chi connectivity index (χ1) is 16.1. The molecule has 0 fully saturated rings. The summed E-state index contributed by atoms with van der Waals surface area (Å²) in [6.45, 7) is 6.76. The summed E-state index contributed by atoms with van der Waals surface area (Å²) in [6.07, 6.45) is 2.16. The molecule has 6 N–H and O–H groups in total. The summed E-state index contributed by atoms with van der Waals surface area (Å²) in [5.41, 5.74) is 11.5. The van der Waals surface area contributed by atoms with E-state index in [1.807, 2.05) is 6.92 Å². The van der Waals surface area contributed by atoms with E-state index in [1.54, 1.807) is 6.07 Å². The summed E-state index contributed by atoms with van der Waals surface area (Å²) in [7, 11) is 1.40. The minimum absolute atomic E-state index is 0.0376. The molecule has 1 aromatic carbocycles. The number of phenolic OH excluding ortho intramolecular Hbond substituents is 1. The van der Waals surface area contributed by atoms with Crippen LogP contribution in [0.3, 0.4) is 0 Å². The van der Waals surface area contributed by atoms with E-state index in [2.05, 4.69) is 23.5 Å². The SMILES string of the molecule is CCCCN(C(=O)c1snc(C(N)=O)c1N)C(C(=O)NCCC(C)C)c1ccc(O)c(OC)c1. The highest BCUT2D eigenvalue weighted by Gasteiger charge is 2.34. The van der Waals surface area contributed by atoms with E-state index in [0.29, 0.717) is 24.4 Å². The van der Waals surface area contributed by atoms with Gasteiger partial charge in [0, 0.05) is 13.1 Å². The van der Waals surface area contributed by atoms with Gasteiger partial charge in [-0.15, -0.1) is 0 Å². The van der Waals surface area contributed by atoms with E-state index in [-0.39, 0.29) is 40.2 Å². The van der Waals surface area contributed by atoms with Crippen LogP contribution in [0.1, 0.15) is 71.8 Å². The second-order valence-electron chi connectivity index (χ2n) is 8.30. The van der Waals surface area contributed by atoms with Crippen molar-refractivity contribution in [2.24, 2.45) is 11.7 Å². The average Bonchev–Trinajstić information content (AvgIpc) is 3.18. The molecular formula is C23H33N5O5S. The standard InChI is InChI=1S/C23H33N5O5S/c1-5-6-11-28(23(32)20-17(24)18(21(25)30)27-34-20)19(22(31)26-10-9-13(2)3)14-7-8-15(29)16(12-14)33-4/h7-8,12-13,19,29H,5-6,9-11,24H2,1-4H3,(H2,25,30)(H,26,31). The molecule has 2 rings (SSSR count). The van der Waals surface area contributed by atoms with Crippen LogP contribution in [-0.2, 0) is 4.79 Å². The second kappa shape index (κ2) is 12.2. The van der Waals surface area contributed by atoms with Crippen LogP contribution in [0.15, 0.2) is 18.2 Å².